The average Bonchev–Trinajstić information content (AvgIpc) is 2.98. The minimum absolute atomic E-state index is 0.260. The smallest absolute Gasteiger partial charge is 0.123 e. The van der Waals surface area contributed by atoms with Crippen LogP contribution in [0, 0.1) is 5.82 Å². The largest absolute Gasteiger partial charge is 0.291 e. The molecule has 0 atom stereocenters. The maximum atomic E-state index is 13.1. The fraction of sp³-hybridized carbons (Fsp3) is 0.118. The molecule has 2 heterocycles. The molecule has 0 aliphatic heterocycles. The summed E-state index contributed by atoms with van der Waals surface area (Å²) in [4.78, 5) is 8.32. The lowest BCUT2D eigenvalue weighted by Crippen LogP contribution is -1.88. The third kappa shape index (κ3) is 2.79. The highest BCUT2D eigenvalue weighted by molar-refractivity contribution is 5.82. The van der Waals surface area contributed by atoms with E-state index in [0.29, 0.717) is 6.54 Å². The first-order valence-electron chi connectivity index (χ1n) is 6.97. The molecule has 0 saturated heterocycles. The zero-order valence-electron chi connectivity index (χ0n) is 12.1. The van der Waals surface area contributed by atoms with Gasteiger partial charge in [-0.3, -0.25) is 15.1 Å². The van der Waals surface area contributed by atoms with E-state index in [1.807, 2.05) is 19.1 Å². The van der Waals surface area contributed by atoms with Crippen molar-refractivity contribution in [3.05, 3.63) is 60.3 Å². The van der Waals surface area contributed by atoms with Gasteiger partial charge in [-0.15, -0.1) is 0 Å². The second kappa shape index (κ2) is 6.30. The van der Waals surface area contributed by atoms with Crippen molar-refractivity contribution < 1.29 is 4.39 Å². The van der Waals surface area contributed by atoms with Crippen LogP contribution in [0.3, 0.4) is 0 Å². The van der Waals surface area contributed by atoms with E-state index in [4.69, 9.17) is 0 Å². The maximum Gasteiger partial charge on any atom is 0.123 e. The van der Waals surface area contributed by atoms with Crippen LogP contribution in [0.1, 0.15) is 12.6 Å². The molecule has 4 nitrogen and oxygen atoms in total. The lowest BCUT2D eigenvalue weighted by molar-refractivity contribution is 0.628. The number of hydrogen-bond donors (Lipinski definition) is 1. The Balaban J connectivity index is 2.14. The molecule has 0 radical (unpaired) electrons. The molecule has 0 saturated carbocycles. The molecule has 0 spiro atoms. The zero-order valence-corrected chi connectivity index (χ0v) is 12.1. The number of H-pyrrole nitrogens is 1. The van der Waals surface area contributed by atoms with Gasteiger partial charge >= 0.3 is 0 Å². The van der Waals surface area contributed by atoms with Gasteiger partial charge in [0.05, 0.1) is 17.9 Å². The van der Waals surface area contributed by atoms with Crippen LogP contribution in [-0.2, 0) is 6.54 Å². The molecule has 5 heteroatoms. The molecule has 1 N–H and O–H groups in total. The van der Waals surface area contributed by atoms with Crippen LogP contribution < -0.4 is 0 Å². The van der Waals surface area contributed by atoms with E-state index in [2.05, 4.69) is 20.2 Å². The number of rotatable bonds is 4. The minimum atomic E-state index is -0.260. The van der Waals surface area contributed by atoms with Gasteiger partial charge in [-0.25, -0.2) is 4.39 Å². The summed E-state index contributed by atoms with van der Waals surface area (Å²) in [6.45, 7) is 2.37. The summed E-state index contributed by atoms with van der Waals surface area (Å²) in [5.41, 5.74) is 4.56. The SMILES string of the molecule is C/C=N/Cc1n[nH]c(-c2ccc(F)cc2)c1-c1ccncc1. The lowest BCUT2D eigenvalue weighted by Gasteiger charge is -2.05. The summed E-state index contributed by atoms with van der Waals surface area (Å²) in [6.07, 6.45) is 5.23. The van der Waals surface area contributed by atoms with Crippen LogP contribution in [0.15, 0.2) is 53.8 Å². The number of aliphatic imine (C=N–C) groups is 1. The molecule has 1 aromatic carbocycles. The summed E-state index contributed by atoms with van der Waals surface area (Å²) in [6, 6.07) is 10.2. The Labute approximate surface area is 127 Å². The van der Waals surface area contributed by atoms with Crippen molar-refractivity contribution in [2.45, 2.75) is 13.5 Å². The number of pyridine rings is 1. The van der Waals surface area contributed by atoms with Crippen LogP contribution in [-0.4, -0.2) is 21.4 Å². The van der Waals surface area contributed by atoms with E-state index >= 15 is 0 Å². The number of halogens is 1. The summed E-state index contributed by atoms with van der Waals surface area (Å²) >= 11 is 0. The Bertz CT molecular complexity index is 776. The van der Waals surface area contributed by atoms with Crippen molar-refractivity contribution in [2.75, 3.05) is 0 Å². The molecular weight excluding hydrogens is 279 g/mol. The zero-order chi connectivity index (χ0) is 15.4. The number of hydrogen-bond acceptors (Lipinski definition) is 3. The fourth-order valence-electron chi connectivity index (χ4n) is 2.33. The van der Waals surface area contributed by atoms with E-state index in [-0.39, 0.29) is 5.82 Å². The summed E-state index contributed by atoms with van der Waals surface area (Å²) in [7, 11) is 0. The Morgan fingerprint density at radius 1 is 1.09 bits per heavy atom. The Hall–Kier alpha value is -2.82. The third-order valence-corrected chi connectivity index (χ3v) is 3.37. The van der Waals surface area contributed by atoms with Crippen LogP contribution in [0.4, 0.5) is 4.39 Å². The second-order valence-electron chi connectivity index (χ2n) is 4.76. The number of aromatic nitrogens is 3. The topological polar surface area (TPSA) is 53.9 Å². The average molecular weight is 294 g/mol. The standard InChI is InChI=1S/C17H15FN4/c1-2-19-11-15-16(12-7-9-20-10-8-12)17(22-21-15)13-3-5-14(18)6-4-13/h2-10H,11H2,1H3,(H,21,22)/b19-2+. The second-order valence-corrected chi connectivity index (χ2v) is 4.76. The van der Waals surface area contributed by atoms with Crippen molar-refractivity contribution >= 4 is 6.21 Å². The first-order valence-corrected chi connectivity index (χ1v) is 6.97. The van der Waals surface area contributed by atoms with Crippen LogP contribution in [0.25, 0.3) is 22.4 Å². The highest BCUT2D eigenvalue weighted by Gasteiger charge is 2.16. The molecule has 2 aromatic heterocycles. The normalized spacial score (nSPS) is 11.2. The van der Waals surface area contributed by atoms with Gasteiger partial charge in [0.2, 0.25) is 0 Å². The maximum absolute atomic E-state index is 13.1. The number of nitrogens with one attached hydrogen (secondary N) is 1. The van der Waals surface area contributed by atoms with E-state index < -0.39 is 0 Å². The molecule has 0 unspecified atom stereocenters. The highest BCUT2D eigenvalue weighted by Crippen LogP contribution is 2.33. The molecule has 0 amide bonds. The van der Waals surface area contributed by atoms with E-state index in [1.165, 1.54) is 12.1 Å². The van der Waals surface area contributed by atoms with E-state index in [9.17, 15) is 4.39 Å². The molecule has 0 fully saturated rings. The molecule has 22 heavy (non-hydrogen) atoms. The molecule has 0 bridgehead atoms. The van der Waals surface area contributed by atoms with E-state index in [0.717, 1.165) is 28.1 Å². The van der Waals surface area contributed by atoms with Gasteiger partial charge in [-0.2, -0.15) is 5.10 Å². The molecular formula is C17H15FN4. The quantitative estimate of drug-likeness (QED) is 0.743. The van der Waals surface area contributed by atoms with Crippen molar-refractivity contribution in [1.82, 2.24) is 15.2 Å². The number of nitrogens with zero attached hydrogens (tertiary/aromatic N) is 3. The molecule has 0 aliphatic rings. The van der Waals surface area contributed by atoms with Crippen molar-refractivity contribution in [3.63, 3.8) is 0 Å². The summed E-state index contributed by atoms with van der Waals surface area (Å²) in [5.74, 6) is -0.260. The monoisotopic (exact) mass is 294 g/mol. The van der Waals surface area contributed by atoms with E-state index in [1.54, 1.807) is 30.7 Å². The van der Waals surface area contributed by atoms with Crippen molar-refractivity contribution in [3.8, 4) is 22.4 Å². The Morgan fingerprint density at radius 3 is 2.50 bits per heavy atom. The summed E-state index contributed by atoms with van der Waals surface area (Å²) < 4.78 is 13.1. The molecule has 3 rings (SSSR count). The molecule has 0 aliphatic carbocycles. The van der Waals surface area contributed by atoms with Gasteiger partial charge in [0.1, 0.15) is 5.82 Å². The van der Waals surface area contributed by atoms with Gasteiger partial charge in [0.15, 0.2) is 0 Å². The predicted octanol–water partition coefficient (Wildman–Crippen LogP) is 3.87. The Morgan fingerprint density at radius 2 is 1.82 bits per heavy atom. The van der Waals surface area contributed by atoms with Gasteiger partial charge < -0.3 is 0 Å². The predicted molar refractivity (Wildman–Crippen MR) is 85.1 cm³/mol. The minimum Gasteiger partial charge on any atom is -0.291 e. The number of aromatic amines is 1. The number of benzene rings is 1. The molecule has 110 valence electrons. The third-order valence-electron chi connectivity index (χ3n) is 3.37. The van der Waals surface area contributed by atoms with Crippen molar-refractivity contribution in [2.24, 2.45) is 4.99 Å². The van der Waals surface area contributed by atoms with Crippen LogP contribution in [0.2, 0.25) is 0 Å². The highest BCUT2D eigenvalue weighted by atomic mass is 19.1. The summed E-state index contributed by atoms with van der Waals surface area (Å²) in [5, 5.41) is 7.43. The lowest BCUT2D eigenvalue weighted by atomic mass is 10.00. The fourth-order valence-corrected chi connectivity index (χ4v) is 2.33. The van der Waals surface area contributed by atoms with Crippen LogP contribution >= 0.6 is 0 Å². The van der Waals surface area contributed by atoms with Gasteiger partial charge in [-0.05, 0) is 55.1 Å². The van der Waals surface area contributed by atoms with Gasteiger partial charge in [0, 0.05) is 23.5 Å². The van der Waals surface area contributed by atoms with Crippen molar-refractivity contribution in [1.29, 1.82) is 0 Å². The van der Waals surface area contributed by atoms with Gasteiger partial charge in [0.25, 0.3) is 0 Å². The Kier molecular flexibility index (Phi) is 4.05. The van der Waals surface area contributed by atoms with Gasteiger partial charge in [-0.1, -0.05) is 0 Å². The first-order chi connectivity index (χ1) is 10.8. The first kappa shape index (κ1) is 14.1. The molecule has 3 aromatic rings. The van der Waals surface area contributed by atoms with Crippen LogP contribution in [0.5, 0.6) is 0 Å².